The Bertz CT molecular complexity index is 273. The fourth-order valence-electron chi connectivity index (χ4n) is 2.52. The number of nitrogens with one attached hydrogen (secondary N) is 1. The molecule has 1 fully saturated rings. The Labute approximate surface area is 110 Å². The summed E-state index contributed by atoms with van der Waals surface area (Å²) in [6.07, 6.45) is 2.98. The van der Waals surface area contributed by atoms with E-state index in [9.17, 15) is 4.79 Å². The number of methoxy groups -OCH3 is 1. The number of carbonyl (C=O) groups excluding carboxylic acids is 1. The minimum Gasteiger partial charge on any atom is -0.384 e. The van der Waals surface area contributed by atoms with Crippen LogP contribution in [0, 0.1) is 5.92 Å². The number of rotatable bonds is 8. The minimum atomic E-state index is -0.578. The normalized spacial score (nSPS) is 24.1. The molecule has 0 aromatic heterocycles. The predicted octanol–water partition coefficient (Wildman–Crippen LogP) is 0.198. The Morgan fingerprint density at radius 1 is 1.61 bits per heavy atom. The van der Waals surface area contributed by atoms with E-state index in [2.05, 4.69) is 10.2 Å². The number of ether oxygens (including phenoxy) is 1. The van der Waals surface area contributed by atoms with Crippen LogP contribution < -0.4 is 11.1 Å². The van der Waals surface area contributed by atoms with Gasteiger partial charge < -0.3 is 20.7 Å². The van der Waals surface area contributed by atoms with E-state index in [1.165, 1.54) is 6.42 Å². The molecule has 1 aliphatic heterocycles. The van der Waals surface area contributed by atoms with Gasteiger partial charge >= 0.3 is 0 Å². The van der Waals surface area contributed by atoms with Crippen LogP contribution in [0.1, 0.15) is 26.2 Å². The van der Waals surface area contributed by atoms with E-state index in [1.807, 2.05) is 6.92 Å². The molecule has 5 nitrogen and oxygen atoms in total. The SMILES string of the molecule is CNC(C)(CCCN1CCC(COC)C1)C(N)=O. The summed E-state index contributed by atoms with van der Waals surface area (Å²) >= 11 is 0. The summed E-state index contributed by atoms with van der Waals surface area (Å²) in [5.41, 5.74) is 4.83. The second kappa shape index (κ2) is 7.07. The molecule has 1 aliphatic rings. The number of hydrogen-bond donors (Lipinski definition) is 2. The van der Waals surface area contributed by atoms with E-state index in [4.69, 9.17) is 10.5 Å². The minimum absolute atomic E-state index is 0.274. The molecule has 1 amide bonds. The molecule has 0 aromatic rings. The number of nitrogens with zero attached hydrogens (tertiary/aromatic N) is 1. The first-order valence-electron chi connectivity index (χ1n) is 6.72. The summed E-state index contributed by atoms with van der Waals surface area (Å²) in [7, 11) is 3.54. The molecule has 18 heavy (non-hydrogen) atoms. The van der Waals surface area contributed by atoms with Crippen LogP contribution in [0.4, 0.5) is 0 Å². The molecule has 3 N–H and O–H groups in total. The van der Waals surface area contributed by atoms with Crippen molar-refractivity contribution in [3.8, 4) is 0 Å². The van der Waals surface area contributed by atoms with E-state index in [0.29, 0.717) is 5.92 Å². The van der Waals surface area contributed by atoms with Crippen molar-refractivity contribution in [2.24, 2.45) is 11.7 Å². The van der Waals surface area contributed by atoms with Gasteiger partial charge in [0.15, 0.2) is 0 Å². The van der Waals surface area contributed by atoms with Gasteiger partial charge in [0.2, 0.25) is 5.91 Å². The zero-order valence-electron chi connectivity index (χ0n) is 11.9. The third-order valence-electron chi connectivity index (χ3n) is 4.02. The molecule has 0 radical (unpaired) electrons. The highest BCUT2D eigenvalue weighted by Crippen LogP contribution is 2.18. The Hall–Kier alpha value is -0.650. The monoisotopic (exact) mass is 257 g/mol. The highest BCUT2D eigenvalue weighted by molar-refractivity contribution is 5.84. The van der Waals surface area contributed by atoms with Crippen molar-refractivity contribution in [1.82, 2.24) is 10.2 Å². The Morgan fingerprint density at radius 3 is 2.89 bits per heavy atom. The van der Waals surface area contributed by atoms with Gasteiger partial charge in [-0.05, 0) is 52.2 Å². The Morgan fingerprint density at radius 2 is 2.33 bits per heavy atom. The summed E-state index contributed by atoms with van der Waals surface area (Å²) in [6, 6.07) is 0. The van der Waals surface area contributed by atoms with Crippen molar-refractivity contribution in [2.45, 2.75) is 31.7 Å². The molecule has 1 rings (SSSR count). The van der Waals surface area contributed by atoms with E-state index in [-0.39, 0.29) is 5.91 Å². The van der Waals surface area contributed by atoms with Crippen LogP contribution in [0.25, 0.3) is 0 Å². The number of amides is 1. The molecule has 0 bridgehead atoms. The molecule has 1 saturated heterocycles. The fourth-order valence-corrected chi connectivity index (χ4v) is 2.52. The quantitative estimate of drug-likeness (QED) is 0.652. The van der Waals surface area contributed by atoms with Crippen LogP contribution in [-0.2, 0) is 9.53 Å². The van der Waals surface area contributed by atoms with E-state index in [1.54, 1.807) is 14.2 Å². The van der Waals surface area contributed by atoms with Crippen molar-refractivity contribution in [3.05, 3.63) is 0 Å². The smallest absolute Gasteiger partial charge is 0.237 e. The molecule has 2 unspecified atom stereocenters. The maximum absolute atomic E-state index is 11.3. The predicted molar refractivity (Wildman–Crippen MR) is 72.3 cm³/mol. The molecule has 2 atom stereocenters. The maximum Gasteiger partial charge on any atom is 0.237 e. The van der Waals surface area contributed by atoms with Gasteiger partial charge in [-0.25, -0.2) is 0 Å². The van der Waals surface area contributed by atoms with Crippen molar-refractivity contribution < 1.29 is 9.53 Å². The number of nitrogens with two attached hydrogens (primary N) is 1. The molecule has 1 heterocycles. The van der Waals surface area contributed by atoms with Crippen LogP contribution in [0.3, 0.4) is 0 Å². The highest BCUT2D eigenvalue weighted by atomic mass is 16.5. The lowest BCUT2D eigenvalue weighted by Gasteiger charge is -2.26. The van der Waals surface area contributed by atoms with Gasteiger partial charge in [-0.1, -0.05) is 0 Å². The lowest BCUT2D eigenvalue weighted by Crippen LogP contribution is -2.51. The van der Waals surface area contributed by atoms with Gasteiger partial charge in [-0.15, -0.1) is 0 Å². The van der Waals surface area contributed by atoms with Crippen LogP contribution in [0.2, 0.25) is 0 Å². The topological polar surface area (TPSA) is 67.6 Å². The fraction of sp³-hybridized carbons (Fsp3) is 0.923. The standard InChI is InChI=1S/C13H27N3O2/c1-13(15-2,12(14)17)6-4-7-16-8-5-11(9-16)10-18-3/h11,15H,4-10H2,1-3H3,(H2,14,17). The third kappa shape index (κ3) is 4.23. The van der Waals surface area contributed by atoms with Crippen molar-refractivity contribution >= 4 is 5.91 Å². The summed E-state index contributed by atoms with van der Waals surface area (Å²) in [6.45, 7) is 6.01. The first-order valence-corrected chi connectivity index (χ1v) is 6.72. The Kier molecular flexibility index (Phi) is 6.05. The molecule has 0 aromatic carbocycles. The van der Waals surface area contributed by atoms with Gasteiger partial charge in [-0.2, -0.15) is 0 Å². The lowest BCUT2D eigenvalue weighted by molar-refractivity contribution is -0.123. The number of carbonyl (C=O) groups is 1. The number of likely N-dealkylation sites (N-methyl/N-ethyl adjacent to an activating group) is 1. The summed E-state index contributed by atoms with van der Waals surface area (Å²) in [5.74, 6) is 0.394. The molecule has 106 valence electrons. The molecular formula is C13H27N3O2. The lowest BCUT2D eigenvalue weighted by atomic mass is 9.95. The van der Waals surface area contributed by atoms with Crippen molar-refractivity contribution in [2.75, 3.05) is 40.4 Å². The number of primary amides is 1. The largest absolute Gasteiger partial charge is 0.384 e. The van der Waals surface area contributed by atoms with Gasteiger partial charge in [0.25, 0.3) is 0 Å². The summed E-state index contributed by atoms with van der Waals surface area (Å²) < 4.78 is 5.18. The average Bonchev–Trinajstić information content (AvgIpc) is 2.77. The third-order valence-corrected chi connectivity index (χ3v) is 4.02. The molecule has 0 aliphatic carbocycles. The summed E-state index contributed by atoms with van der Waals surface area (Å²) in [4.78, 5) is 13.8. The second-order valence-corrected chi connectivity index (χ2v) is 5.46. The van der Waals surface area contributed by atoms with E-state index in [0.717, 1.165) is 39.1 Å². The first kappa shape index (κ1) is 15.4. The zero-order valence-corrected chi connectivity index (χ0v) is 11.9. The van der Waals surface area contributed by atoms with Crippen LogP contribution in [0.5, 0.6) is 0 Å². The highest BCUT2D eigenvalue weighted by Gasteiger charge is 2.29. The zero-order chi connectivity index (χ0) is 13.6. The average molecular weight is 257 g/mol. The van der Waals surface area contributed by atoms with Crippen LogP contribution >= 0.6 is 0 Å². The van der Waals surface area contributed by atoms with Gasteiger partial charge in [-0.3, -0.25) is 4.79 Å². The number of hydrogen-bond acceptors (Lipinski definition) is 4. The van der Waals surface area contributed by atoms with E-state index < -0.39 is 5.54 Å². The Balaban J connectivity index is 2.24. The second-order valence-electron chi connectivity index (χ2n) is 5.46. The van der Waals surface area contributed by atoms with Crippen molar-refractivity contribution in [1.29, 1.82) is 0 Å². The van der Waals surface area contributed by atoms with Gasteiger partial charge in [0.05, 0.1) is 12.1 Å². The molecule has 0 spiro atoms. The van der Waals surface area contributed by atoms with Crippen molar-refractivity contribution in [3.63, 3.8) is 0 Å². The molecular weight excluding hydrogens is 230 g/mol. The molecule has 0 saturated carbocycles. The van der Waals surface area contributed by atoms with Gasteiger partial charge in [0.1, 0.15) is 0 Å². The summed E-state index contributed by atoms with van der Waals surface area (Å²) in [5, 5.41) is 3.02. The van der Waals surface area contributed by atoms with Crippen LogP contribution in [0.15, 0.2) is 0 Å². The first-order chi connectivity index (χ1) is 8.51. The maximum atomic E-state index is 11.3. The van der Waals surface area contributed by atoms with Gasteiger partial charge in [0, 0.05) is 13.7 Å². The number of likely N-dealkylation sites (tertiary alicyclic amines) is 1. The van der Waals surface area contributed by atoms with E-state index >= 15 is 0 Å². The van der Waals surface area contributed by atoms with Crippen LogP contribution in [-0.4, -0.2) is 56.7 Å². The molecule has 5 heteroatoms.